The van der Waals surface area contributed by atoms with E-state index in [0.29, 0.717) is 18.2 Å². The van der Waals surface area contributed by atoms with E-state index < -0.39 is 17.5 Å². The highest BCUT2D eigenvalue weighted by atomic mass is 32.1. The van der Waals surface area contributed by atoms with Gasteiger partial charge in [-0.2, -0.15) is 12.6 Å². The summed E-state index contributed by atoms with van der Waals surface area (Å²) in [6.45, 7) is 0. The van der Waals surface area contributed by atoms with Gasteiger partial charge in [-0.25, -0.2) is 13.2 Å². The summed E-state index contributed by atoms with van der Waals surface area (Å²) in [5, 5.41) is 0. The van der Waals surface area contributed by atoms with Gasteiger partial charge in [0.25, 0.3) is 0 Å². The maximum atomic E-state index is 13.0. The SMILES string of the molecule is Fc1cc(F)c(F)c(C=CCCS)c1. The molecule has 1 rings (SSSR count). The molecule has 1 aromatic carbocycles. The number of rotatable bonds is 3. The number of hydrogen-bond donors (Lipinski definition) is 1. The second-order valence-electron chi connectivity index (χ2n) is 2.71. The zero-order valence-electron chi connectivity index (χ0n) is 7.30. The van der Waals surface area contributed by atoms with Gasteiger partial charge in [0.1, 0.15) is 5.82 Å². The third-order valence-electron chi connectivity index (χ3n) is 1.61. The lowest BCUT2D eigenvalue weighted by molar-refractivity contribution is 0.493. The molecule has 0 aliphatic carbocycles. The fourth-order valence-corrected chi connectivity index (χ4v) is 1.13. The van der Waals surface area contributed by atoms with E-state index in [0.717, 1.165) is 6.07 Å². The van der Waals surface area contributed by atoms with Gasteiger partial charge >= 0.3 is 0 Å². The summed E-state index contributed by atoms with van der Waals surface area (Å²) < 4.78 is 38.3. The normalized spacial score (nSPS) is 11.1. The lowest BCUT2D eigenvalue weighted by atomic mass is 10.2. The molecular formula is C10H9F3S. The molecule has 0 bridgehead atoms. The summed E-state index contributed by atoms with van der Waals surface area (Å²) >= 11 is 3.94. The number of benzene rings is 1. The van der Waals surface area contributed by atoms with Crippen molar-refractivity contribution >= 4 is 18.7 Å². The van der Waals surface area contributed by atoms with E-state index in [9.17, 15) is 13.2 Å². The van der Waals surface area contributed by atoms with Crippen LogP contribution < -0.4 is 0 Å². The van der Waals surface area contributed by atoms with Crippen LogP contribution in [0.5, 0.6) is 0 Å². The molecule has 0 fully saturated rings. The highest BCUT2D eigenvalue weighted by Gasteiger charge is 2.07. The van der Waals surface area contributed by atoms with Crippen LogP contribution in [0.1, 0.15) is 12.0 Å². The van der Waals surface area contributed by atoms with Crippen molar-refractivity contribution in [2.45, 2.75) is 6.42 Å². The topological polar surface area (TPSA) is 0 Å². The minimum atomic E-state index is -1.17. The van der Waals surface area contributed by atoms with Crippen LogP contribution in [0.2, 0.25) is 0 Å². The minimum Gasteiger partial charge on any atom is -0.207 e. The molecule has 0 radical (unpaired) electrons. The molecule has 1 aromatic rings. The van der Waals surface area contributed by atoms with Gasteiger partial charge in [0.2, 0.25) is 0 Å². The Kier molecular flexibility index (Phi) is 4.07. The largest absolute Gasteiger partial charge is 0.207 e. The molecule has 14 heavy (non-hydrogen) atoms. The predicted molar refractivity (Wildman–Crippen MR) is 53.8 cm³/mol. The van der Waals surface area contributed by atoms with E-state index >= 15 is 0 Å². The van der Waals surface area contributed by atoms with Gasteiger partial charge in [0, 0.05) is 11.6 Å². The molecule has 0 N–H and O–H groups in total. The average molecular weight is 218 g/mol. The van der Waals surface area contributed by atoms with Crippen LogP contribution in [0.4, 0.5) is 13.2 Å². The highest BCUT2D eigenvalue weighted by Crippen LogP contribution is 2.15. The number of hydrogen-bond acceptors (Lipinski definition) is 1. The molecule has 0 atom stereocenters. The summed E-state index contributed by atoms with van der Waals surface area (Å²) in [4.78, 5) is 0. The Morgan fingerprint density at radius 3 is 2.57 bits per heavy atom. The van der Waals surface area contributed by atoms with E-state index in [1.54, 1.807) is 6.08 Å². The molecule has 0 aliphatic heterocycles. The van der Waals surface area contributed by atoms with Crippen molar-refractivity contribution in [3.63, 3.8) is 0 Å². The summed E-state index contributed by atoms with van der Waals surface area (Å²) in [7, 11) is 0. The van der Waals surface area contributed by atoms with E-state index in [2.05, 4.69) is 12.6 Å². The van der Waals surface area contributed by atoms with Gasteiger partial charge in [-0.1, -0.05) is 12.2 Å². The lowest BCUT2D eigenvalue weighted by Gasteiger charge is -1.98. The molecule has 0 saturated carbocycles. The molecule has 0 heterocycles. The van der Waals surface area contributed by atoms with Gasteiger partial charge in [0.15, 0.2) is 11.6 Å². The highest BCUT2D eigenvalue weighted by molar-refractivity contribution is 7.80. The number of allylic oxidation sites excluding steroid dienone is 1. The molecular weight excluding hydrogens is 209 g/mol. The first-order valence-corrected chi connectivity index (χ1v) is 4.70. The third-order valence-corrected chi connectivity index (χ3v) is 1.87. The average Bonchev–Trinajstić information content (AvgIpc) is 2.13. The van der Waals surface area contributed by atoms with Crippen LogP contribution in [0.15, 0.2) is 18.2 Å². The van der Waals surface area contributed by atoms with Crippen molar-refractivity contribution < 1.29 is 13.2 Å². The first kappa shape index (κ1) is 11.2. The van der Waals surface area contributed by atoms with Crippen molar-refractivity contribution in [1.29, 1.82) is 0 Å². The van der Waals surface area contributed by atoms with Crippen LogP contribution >= 0.6 is 12.6 Å². The van der Waals surface area contributed by atoms with E-state index in [1.807, 2.05) is 0 Å². The Morgan fingerprint density at radius 1 is 1.21 bits per heavy atom. The van der Waals surface area contributed by atoms with Crippen LogP contribution in [-0.2, 0) is 0 Å². The molecule has 0 aliphatic rings. The van der Waals surface area contributed by atoms with Gasteiger partial charge in [-0.15, -0.1) is 0 Å². The summed E-state index contributed by atoms with van der Waals surface area (Å²) in [6, 6.07) is 1.47. The van der Waals surface area contributed by atoms with Crippen LogP contribution in [0.3, 0.4) is 0 Å². The Balaban J connectivity index is 2.96. The fraction of sp³-hybridized carbons (Fsp3) is 0.200. The monoisotopic (exact) mass is 218 g/mol. The van der Waals surface area contributed by atoms with Gasteiger partial charge in [0.05, 0.1) is 0 Å². The first-order chi connectivity index (χ1) is 6.65. The van der Waals surface area contributed by atoms with Crippen LogP contribution in [-0.4, -0.2) is 5.75 Å². The Morgan fingerprint density at radius 2 is 1.93 bits per heavy atom. The second kappa shape index (κ2) is 5.10. The molecule has 76 valence electrons. The summed E-state index contributed by atoms with van der Waals surface area (Å²) in [6.07, 6.45) is 3.59. The standard InChI is InChI=1S/C10H9F3S/c11-8-5-7(3-1-2-4-14)10(13)9(12)6-8/h1,3,5-6,14H,2,4H2. The van der Waals surface area contributed by atoms with Crippen LogP contribution in [0, 0.1) is 17.5 Å². The van der Waals surface area contributed by atoms with Crippen molar-refractivity contribution in [2.75, 3.05) is 5.75 Å². The first-order valence-electron chi connectivity index (χ1n) is 4.07. The molecule has 4 heteroatoms. The van der Waals surface area contributed by atoms with Crippen molar-refractivity contribution in [3.8, 4) is 0 Å². The smallest absolute Gasteiger partial charge is 0.166 e. The molecule has 0 spiro atoms. The third kappa shape index (κ3) is 2.80. The molecule has 0 saturated heterocycles. The van der Waals surface area contributed by atoms with E-state index in [4.69, 9.17) is 0 Å². The number of halogens is 3. The quantitative estimate of drug-likeness (QED) is 0.583. The van der Waals surface area contributed by atoms with Gasteiger partial charge in [-0.05, 0) is 18.2 Å². The number of thiol groups is 1. The van der Waals surface area contributed by atoms with Crippen LogP contribution in [0.25, 0.3) is 6.08 Å². The van der Waals surface area contributed by atoms with Gasteiger partial charge < -0.3 is 0 Å². The molecule has 0 aromatic heterocycles. The lowest BCUT2D eigenvalue weighted by Crippen LogP contribution is -1.90. The molecule has 0 amide bonds. The summed E-state index contributed by atoms with van der Waals surface area (Å²) in [5.74, 6) is -2.37. The van der Waals surface area contributed by atoms with Gasteiger partial charge in [-0.3, -0.25) is 0 Å². The van der Waals surface area contributed by atoms with Crippen molar-refractivity contribution in [2.24, 2.45) is 0 Å². The van der Waals surface area contributed by atoms with E-state index in [1.165, 1.54) is 6.08 Å². The predicted octanol–water partition coefficient (Wildman–Crippen LogP) is 3.44. The minimum absolute atomic E-state index is 0.0794. The fourth-order valence-electron chi connectivity index (χ4n) is 0.982. The van der Waals surface area contributed by atoms with Crippen molar-refractivity contribution in [3.05, 3.63) is 41.2 Å². The second-order valence-corrected chi connectivity index (χ2v) is 3.15. The zero-order valence-corrected chi connectivity index (χ0v) is 8.20. The maximum Gasteiger partial charge on any atom is 0.166 e. The Labute approximate surface area is 85.9 Å². The Hall–Kier alpha value is -0.900. The maximum absolute atomic E-state index is 13.0. The summed E-state index contributed by atoms with van der Waals surface area (Å²) in [5.41, 5.74) is -0.0794. The molecule has 0 nitrogen and oxygen atoms in total. The molecule has 0 unspecified atom stereocenters. The van der Waals surface area contributed by atoms with E-state index in [-0.39, 0.29) is 5.56 Å². The Bertz CT molecular complexity index is 347. The van der Waals surface area contributed by atoms with Crippen molar-refractivity contribution in [1.82, 2.24) is 0 Å². The zero-order chi connectivity index (χ0) is 10.6.